The Morgan fingerprint density at radius 3 is 2.07 bits per heavy atom. The first kappa shape index (κ1) is 22.1. The van der Waals surface area contributed by atoms with Gasteiger partial charge in [0.2, 0.25) is 0 Å². The van der Waals surface area contributed by atoms with Crippen molar-refractivity contribution >= 4 is 11.8 Å². The quantitative estimate of drug-likeness (QED) is 0.287. The maximum Gasteiger partial charge on any atom is 0.385 e. The Balaban J connectivity index is 0.000000221. The first-order valence-corrected chi connectivity index (χ1v) is 9.08. The number of ketones is 1. The van der Waals surface area contributed by atoms with Gasteiger partial charge in [-0.25, -0.2) is 4.79 Å². The molecule has 6 heteroatoms. The molecule has 29 heavy (non-hydrogen) atoms. The predicted molar refractivity (Wildman–Crippen MR) is 108 cm³/mol. The standard InChI is InChI=1S/C14H10O3.C9H14O3/c15-13(11-7-3-1-4-8-11)14(16)17-12-9-5-2-6-10-12;1-7(11)9(2,6-10)8-4-3-5-12-8/h1-10H;3-5,7,10-11H,6H2,1-2H3. The van der Waals surface area contributed by atoms with Crippen molar-refractivity contribution in [2.24, 2.45) is 0 Å². The Bertz CT molecular complexity index is 888. The fourth-order valence-electron chi connectivity index (χ4n) is 2.37. The lowest BCUT2D eigenvalue weighted by Crippen LogP contribution is -2.37. The lowest BCUT2D eigenvalue weighted by Gasteiger charge is -2.27. The summed E-state index contributed by atoms with van der Waals surface area (Å²) in [5.74, 6) is -0.543. The van der Waals surface area contributed by atoms with Crippen molar-refractivity contribution in [2.75, 3.05) is 6.61 Å². The average molecular weight is 396 g/mol. The van der Waals surface area contributed by atoms with Crippen molar-refractivity contribution in [3.63, 3.8) is 0 Å². The normalized spacial score (nSPS) is 13.4. The highest BCUT2D eigenvalue weighted by molar-refractivity contribution is 6.41. The van der Waals surface area contributed by atoms with E-state index in [-0.39, 0.29) is 6.61 Å². The third kappa shape index (κ3) is 5.88. The fraction of sp³-hybridized carbons (Fsp3) is 0.217. The SMILES string of the molecule is CC(O)C(C)(CO)c1ccco1.O=C(Oc1ccccc1)C(=O)c1ccccc1. The molecule has 0 bridgehead atoms. The van der Waals surface area contributed by atoms with Crippen LogP contribution in [0.3, 0.4) is 0 Å². The van der Waals surface area contributed by atoms with Crippen LogP contribution >= 0.6 is 0 Å². The van der Waals surface area contributed by atoms with Gasteiger partial charge in [-0.15, -0.1) is 0 Å². The van der Waals surface area contributed by atoms with Crippen molar-refractivity contribution in [2.45, 2.75) is 25.4 Å². The number of furan rings is 1. The number of para-hydroxylation sites is 1. The number of carbonyl (C=O) groups excluding carboxylic acids is 2. The lowest BCUT2D eigenvalue weighted by atomic mass is 9.83. The Hall–Kier alpha value is -3.22. The van der Waals surface area contributed by atoms with E-state index in [2.05, 4.69) is 0 Å². The van der Waals surface area contributed by atoms with E-state index in [1.165, 1.54) is 6.26 Å². The molecule has 2 N–H and O–H groups in total. The van der Waals surface area contributed by atoms with Gasteiger partial charge in [0.05, 0.1) is 24.4 Å². The third-order valence-corrected chi connectivity index (χ3v) is 4.51. The Labute approximate surface area is 169 Å². The van der Waals surface area contributed by atoms with E-state index < -0.39 is 23.3 Å². The van der Waals surface area contributed by atoms with Gasteiger partial charge in [0.25, 0.3) is 5.78 Å². The van der Waals surface area contributed by atoms with Crippen LogP contribution in [-0.2, 0) is 10.2 Å². The molecule has 3 aromatic rings. The summed E-state index contributed by atoms with van der Waals surface area (Å²) >= 11 is 0. The van der Waals surface area contributed by atoms with E-state index in [0.717, 1.165) is 0 Å². The number of hydrogen-bond acceptors (Lipinski definition) is 6. The van der Waals surface area contributed by atoms with E-state index in [4.69, 9.17) is 14.3 Å². The fourth-order valence-corrected chi connectivity index (χ4v) is 2.37. The number of benzene rings is 2. The molecule has 2 atom stereocenters. The first-order chi connectivity index (χ1) is 13.9. The molecule has 152 valence electrons. The molecule has 2 aromatic carbocycles. The van der Waals surface area contributed by atoms with E-state index >= 15 is 0 Å². The number of aliphatic hydroxyl groups excluding tert-OH is 2. The maximum atomic E-state index is 11.7. The summed E-state index contributed by atoms with van der Waals surface area (Å²) in [6, 6.07) is 20.3. The molecule has 0 fully saturated rings. The van der Waals surface area contributed by atoms with Gasteiger partial charge in [-0.05, 0) is 38.1 Å². The molecule has 1 heterocycles. The number of aliphatic hydroxyl groups is 2. The van der Waals surface area contributed by atoms with Crippen LogP contribution in [0.15, 0.2) is 83.5 Å². The van der Waals surface area contributed by atoms with Gasteiger partial charge in [-0.2, -0.15) is 0 Å². The van der Waals surface area contributed by atoms with E-state index in [0.29, 0.717) is 17.1 Å². The summed E-state index contributed by atoms with van der Waals surface area (Å²) in [4.78, 5) is 23.2. The molecule has 0 saturated carbocycles. The average Bonchev–Trinajstić information content (AvgIpc) is 3.29. The van der Waals surface area contributed by atoms with Gasteiger partial charge in [0.15, 0.2) is 0 Å². The molecule has 0 amide bonds. The second-order valence-corrected chi connectivity index (χ2v) is 6.63. The van der Waals surface area contributed by atoms with E-state index in [9.17, 15) is 14.7 Å². The van der Waals surface area contributed by atoms with Gasteiger partial charge in [-0.3, -0.25) is 4.79 Å². The number of rotatable bonds is 6. The molecular weight excluding hydrogens is 372 g/mol. The van der Waals surface area contributed by atoms with Gasteiger partial charge >= 0.3 is 5.97 Å². The van der Waals surface area contributed by atoms with Gasteiger partial charge < -0.3 is 19.4 Å². The maximum absolute atomic E-state index is 11.7. The lowest BCUT2D eigenvalue weighted by molar-refractivity contribution is -0.129. The molecule has 3 rings (SSSR count). The van der Waals surface area contributed by atoms with Crippen molar-refractivity contribution in [1.82, 2.24) is 0 Å². The summed E-state index contributed by atoms with van der Waals surface area (Å²) in [5, 5.41) is 18.5. The smallest absolute Gasteiger partial charge is 0.385 e. The molecule has 1 aromatic heterocycles. The van der Waals surface area contributed by atoms with Crippen LogP contribution in [0.1, 0.15) is 30.0 Å². The van der Waals surface area contributed by atoms with Crippen LogP contribution in [0, 0.1) is 0 Å². The molecule has 2 unspecified atom stereocenters. The third-order valence-electron chi connectivity index (χ3n) is 4.51. The van der Waals surface area contributed by atoms with Crippen LogP contribution in [-0.4, -0.2) is 34.7 Å². The number of Topliss-reactive ketones (excluding diaryl/α,β-unsaturated/α-hetero) is 1. The minimum atomic E-state index is -0.873. The van der Waals surface area contributed by atoms with E-state index in [1.807, 2.05) is 0 Å². The van der Waals surface area contributed by atoms with Crippen molar-refractivity contribution in [3.05, 3.63) is 90.4 Å². The van der Waals surface area contributed by atoms with Gasteiger partial charge in [0, 0.05) is 5.56 Å². The zero-order valence-corrected chi connectivity index (χ0v) is 16.3. The highest BCUT2D eigenvalue weighted by Crippen LogP contribution is 2.27. The van der Waals surface area contributed by atoms with Crippen LogP contribution in [0.25, 0.3) is 0 Å². The van der Waals surface area contributed by atoms with Gasteiger partial charge in [-0.1, -0.05) is 48.5 Å². The predicted octanol–water partition coefficient (Wildman–Crippen LogP) is 3.39. The highest BCUT2D eigenvalue weighted by atomic mass is 16.5. The van der Waals surface area contributed by atoms with Crippen molar-refractivity contribution in [3.8, 4) is 5.75 Å². The topological polar surface area (TPSA) is 97.0 Å². The molecule has 0 spiro atoms. The van der Waals surface area contributed by atoms with Crippen molar-refractivity contribution in [1.29, 1.82) is 0 Å². The Morgan fingerprint density at radius 2 is 1.59 bits per heavy atom. The zero-order chi connectivity index (χ0) is 21.3. The van der Waals surface area contributed by atoms with Crippen molar-refractivity contribution < 1.29 is 29.0 Å². The number of esters is 1. The number of hydrogen-bond donors (Lipinski definition) is 2. The molecule has 0 aliphatic heterocycles. The monoisotopic (exact) mass is 396 g/mol. The van der Waals surface area contributed by atoms with Crippen LogP contribution in [0.2, 0.25) is 0 Å². The highest BCUT2D eigenvalue weighted by Gasteiger charge is 2.34. The number of carbonyl (C=O) groups is 2. The van der Waals surface area contributed by atoms with Crippen LogP contribution in [0.4, 0.5) is 0 Å². The van der Waals surface area contributed by atoms with E-state index in [1.54, 1.807) is 86.6 Å². The van der Waals surface area contributed by atoms with Crippen LogP contribution in [0.5, 0.6) is 5.75 Å². The molecule has 0 aliphatic carbocycles. The minimum absolute atomic E-state index is 0.127. The summed E-state index contributed by atoms with van der Waals surface area (Å²) in [6.07, 6.45) is 0.902. The first-order valence-electron chi connectivity index (χ1n) is 9.08. The van der Waals surface area contributed by atoms with Gasteiger partial charge in [0.1, 0.15) is 11.5 Å². The molecule has 0 aliphatic rings. The number of ether oxygens (including phenoxy) is 1. The Kier molecular flexibility index (Phi) is 7.88. The van der Waals surface area contributed by atoms with Crippen LogP contribution < -0.4 is 4.74 Å². The second-order valence-electron chi connectivity index (χ2n) is 6.63. The summed E-state index contributed by atoms with van der Waals surface area (Å²) < 4.78 is 10.1. The molecule has 0 radical (unpaired) electrons. The largest absolute Gasteiger partial charge is 0.469 e. The molecule has 0 saturated heterocycles. The molecular formula is C23H24O6. The summed E-state index contributed by atoms with van der Waals surface area (Å²) in [7, 11) is 0. The summed E-state index contributed by atoms with van der Waals surface area (Å²) in [5.41, 5.74) is -0.364. The molecule has 6 nitrogen and oxygen atoms in total. The Morgan fingerprint density at radius 1 is 1.00 bits per heavy atom. The zero-order valence-electron chi connectivity index (χ0n) is 16.3. The second kappa shape index (κ2) is 10.4. The minimum Gasteiger partial charge on any atom is -0.469 e. The summed E-state index contributed by atoms with van der Waals surface area (Å²) in [6.45, 7) is 3.27.